The summed E-state index contributed by atoms with van der Waals surface area (Å²) in [5.41, 5.74) is 3.37. The van der Waals surface area contributed by atoms with Crippen molar-refractivity contribution in [1.29, 1.82) is 0 Å². The molecule has 5 atom stereocenters. The fourth-order valence-corrected chi connectivity index (χ4v) is 7.56. The molecule has 0 aliphatic carbocycles. The number of aromatic nitrogens is 1. The van der Waals surface area contributed by atoms with Crippen molar-refractivity contribution in [1.82, 2.24) is 4.98 Å². The lowest BCUT2D eigenvalue weighted by molar-refractivity contribution is -0.984. The molecule has 0 saturated carbocycles. The van der Waals surface area contributed by atoms with Crippen molar-refractivity contribution >= 4 is 32.4 Å². The number of aliphatic hydroxyl groups is 1. The minimum atomic E-state index is -0.539. The van der Waals surface area contributed by atoms with E-state index in [4.69, 9.17) is 0 Å². The molecule has 3 heteroatoms. The number of pyridine rings is 1. The van der Waals surface area contributed by atoms with Crippen molar-refractivity contribution in [2.45, 2.75) is 31.5 Å². The van der Waals surface area contributed by atoms with Gasteiger partial charge in [-0.25, -0.2) is 0 Å². The maximum Gasteiger partial charge on any atom is 0.131 e. The number of hydrogen-bond donors (Lipinski definition) is 1. The molecule has 3 aliphatic heterocycles. The highest BCUT2D eigenvalue weighted by molar-refractivity contribution is 6.02. The van der Waals surface area contributed by atoms with Crippen LogP contribution in [0.15, 0.2) is 104 Å². The lowest BCUT2D eigenvalue weighted by atomic mass is 9.71. The number of nitrogens with zero attached hydrogens (tertiary/aromatic N) is 2. The van der Waals surface area contributed by atoms with Crippen LogP contribution in [0.4, 0.5) is 0 Å². The average Bonchev–Trinajstić information content (AvgIpc) is 2.96. The molecule has 8 rings (SSSR count). The van der Waals surface area contributed by atoms with Crippen molar-refractivity contribution in [2.24, 2.45) is 11.8 Å². The molecule has 2 bridgehead atoms. The summed E-state index contributed by atoms with van der Waals surface area (Å²) >= 11 is 0. The van der Waals surface area contributed by atoms with E-state index in [-0.39, 0.29) is 6.04 Å². The molecular formula is C34H33N2O+. The predicted octanol–water partition coefficient (Wildman–Crippen LogP) is 7.19. The van der Waals surface area contributed by atoms with Crippen LogP contribution in [0.2, 0.25) is 0 Å². The average molecular weight is 486 g/mol. The smallest absolute Gasteiger partial charge is 0.131 e. The van der Waals surface area contributed by atoms with Crippen LogP contribution >= 0.6 is 0 Å². The van der Waals surface area contributed by atoms with Crippen LogP contribution in [0.3, 0.4) is 0 Å². The van der Waals surface area contributed by atoms with Crippen LogP contribution in [0.25, 0.3) is 32.4 Å². The summed E-state index contributed by atoms with van der Waals surface area (Å²) in [4.78, 5) is 4.57. The zero-order valence-electron chi connectivity index (χ0n) is 21.1. The number of quaternary nitrogens is 1. The molecule has 4 heterocycles. The Bertz CT molecular complexity index is 1580. The van der Waals surface area contributed by atoms with Crippen molar-refractivity contribution in [3.8, 4) is 0 Å². The van der Waals surface area contributed by atoms with E-state index in [0.29, 0.717) is 11.8 Å². The molecule has 1 aromatic heterocycles. The van der Waals surface area contributed by atoms with E-state index in [9.17, 15) is 5.11 Å². The van der Waals surface area contributed by atoms with Crippen LogP contribution in [-0.2, 0) is 6.54 Å². The zero-order chi connectivity index (χ0) is 25.0. The SMILES string of the molecule is C=C[C@@H]1C[N@+]2(Cc3c4ccccc4cc4ccccc34)CC[C@H]1C[C@@H]2[C@H](O)c1ccnc2ccccc12. The van der Waals surface area contributed by atoms with Crippen molar-refractivity contribution in [2.75, 3.05) is 13.1 Å². The highest BCUT2D eigenvalue weighted by Crippen LogP contribution is 2.49. The number of benzene rings is 4. The van der Waals surface area contributed by atoms with Crippen molar-refractivity contribution < 1.29 is 9.59 Å². The van der Waals surface area contributed by atoms with E-state index >= 15 is 0 Å². The topological polar surface area (TPSA) is 33.1 Å². The summed E-state index contributed by atoms with van der Waals surface area (Å²) in [5, 5.41) is 18.4. The fraction of sp³-hybridized carbons (Fsp3) is 0.265. The third-order valence-corrected chi connectivity index (χ3v) is 9.40. The Morgan fingerprint density at radius 1 is 0.919 bits per heavy atom. The normalized spacial score (nSPS) is 26.0. The second-order valence-corrected chi connectivity index (χ2v) is 11.2. The van der Waals surface area contributed by atoms with Crippen LogP contribution in [0.5, 0.6) is 0 Å². The minimum absolute atomic E-state index is 0.137. The van der Waals surface area contributed by atoms with Gasteiger partial charge in [0.15, 0.2) is 0 Å². The van der Waals surface area contributed by atoms with Gasteiger partial charge in [0.1, 0.15) is 18.7 Å². The number of hydrogen-bond acceptors (Lipinski definition) is 2. The van der Waals surface area contributed by atoms with E-state index in [2.05, 4.69) is 78.3 Å². The van der Waals surface area contributed by atoms with Gasteiger partial charge in [-0.1, -0.05) is 72.8 Å². The molecule has 184 valence electrons. The molecule has 3 fully saturated rings. The first-order valence-electron chi connectivity index (χ1n) is 13.6. The Hall–Kier alpha value is -3.53. The number of aliphatic hydroxyl groups excluding tert-OH is 1. The van der Waals surface area contributed by atoms with E-state index < -0.39 is 6.10 Å². The van der Waals surface area contributed by atoms with Gasteiger partial charge in [0, 0.05) is 35.9 Å². The van der Waals surface area contributed by atoms with Gasteiger partial charge in [0.25, 0.3) is 0 Å². The summed E-state index contributed by atoms with van der Waals surface area (Å²) < 4.78 is 0.906. The Kier molecular flexibility index (Phi) is 5.38. The quantitative estimate of drug-likeness (QED) is 0.162. The fourth-order valence-electron chi connectivity index (χ4n) is 7.56. The van der Waals surface area contributed by atoms with Crippen molar-refractivity contribution in [3.05, 3.63) is 115 Å². The first-order valence-corrected chi connectivity index (χ1v) is 13.6. The molecule has 0 amide bonds. The summed E-state index contributed by atoms with van der Waals surface area (Å²) in [7, 11) is 0. The molecule has 5 aromatic rings. The lowest BCUT2D eigenvalue weighted by Gasteiger charge is -2.58. The summed E-state index contributed by atoms with van der Waals surface area (Å²) in [6.45, 7) is 7.28. The molecule has 3 nitrogen and oxygen atoms in total. The first kappa shape index (κ1) is 22.7. The first-order chi connectivity index (χ1) is 18.2. The highest BCUT2D eigenvalue weighted by Gasteiger charge is 2.54. The molecule has 4 aromatic carbocycles. The number of fused-ring (bicyclic) bond motifs is 6. The molecule has 0 radical (unpaired) electrons. The number of piperidine rings is 3. The molecule has 1 N–H and O–H groups in total. The molecular weight excluding hydrogens is 452 g/mol. The van der Waals surface area contributed by atoms with E-state index in [1.54, 1.807) is 0 Å². The Morgan fingerprint density at radius 2 is 1.59 bits per heavy atom. The number of para-hydroxylation sites is 1. The third kappa shape index (κ3) is 3.60. The van der Waals surface area contributed by atoms with Gasteiger partial charge in [0.05, 0.1) is 18.6 Å². The molecule has 0 spiro atoms. The molecule has 3 aliphatic rings. The maximum atomic E-state index is 12.1. The van der Waals surface area contributed by atoms with Crippen LogP contribution in [0.1, 0.15) is 30.1 Å². The monoisotopic (exact) mass is 485 g/mol. The Balaban J connectivity index is 1.39. The largest absolute Gasteiger partial charge is 0.382 e. The Morgan fingerprint density at radius 3 is 2.32 bits per heavy atom. The van der Waals surface area contributed by atoms with E-state index in [1.807, 2.05) is 30.5 Å². The van der Waals surface area contributed by atoms with Gasteiger partial charge >= 0.3 is 0 Å². The van der Waals surface area contributed by atoms with Gasteiger partial charge in [-0.2, -0.15) is 0 Å². The van der Waals surface area contributed by atoms with Crippen LogP contribution in [0, 0.1) is 11.8 Å². The van der Waals surface area contributed by atoms with E-state index in [0.717, 1.165) is 47.0 Å². The molecule has 37 heavy (non-hydrogen) atoms. The predicted molar refractivity (Wildman–Crippen MR) is 152 cm³/mol. The van der Waals surface area contributed by atoms with Gasteiger partial charge in [-0.15, -0.1) is 6.58 Å². The van der Waals surface area contributed by atoms with Gasteiger partial charge in [-0.05, 0) is 51.2 Å². The summed E-state index contributed by atoms with van der Waals surface area (Å²) in [6.07, 6.45) is 5.72. The van der Waals surface area contributed by atoms with Gasteiger partial charge in [0.2, 0.25) is 0 Å². The molecule has 3 saturated heterocycles. The second kappa shape index (κ2) is 8.79. The molecule has 0 unspecified atom stereocenters. The van der Waals surface area contributed by atoms with Crippen LogP contribution < -0.4 is 0 Å². The summed E-state index contributed by atoms with van der Waals surface area (Å²) in [6, 6.07) is 30.3. The standard InChI is InChI=1S/C34H33N2O/c1-2-23-21-36(22-31-27-11-5-3-9-25(27)19-26-10-4-6-12-28(26)31)18-16-24(23)20-33(36)34(37)30-15-17-35-32-14-8-7-13-29(30)32/h2-15,17,19,23-24,33-34,37H,1,16,18,20-22H2/q+1/t23-,24+,33-,34-,36+/m1/s1. The maximum absolute atomic E-state index is 12.1. The van der Waals surface area contributed by atoms with Gasteiger partial charge in [-0.3, -0.25) is 4.98 Å². The summed E-state index contributed by atoms with van der Waals surface area (Å²) in [5.74, 6) is 1.09. The number of rotatable bonds is 5. The third-order valence-electron chi connectivity index (χ3n) is 9.40. The lowest BCUT2D eigenvalue weighted by Crippen LogP contribution is -2.67. The Labute approximate surface area is 218 Å². The van der Waals surface area contributed by atoms with Crippen LogP contribution in [-0.4, -0.2) is 33.7 Å². The minimum Gasteiger partial charge on any atom is -0.382 e. The zero-order valence-corrected chi connectivity index (χ0v) is 21.1. The second-order valence-electron chi connectivity index (χ2n) is 11.2. The highest BCUT2D eigenvalue weighted by atomic mass is 16.3. The van der Waals surface area contributed by atoms with Gasteiger partial charge < -0.3 is 9.59 Å². The van der Waals surface area contributed by atoms with Crippen molar-refractivity contribution in [3.63, 3.8) is 0 Å². The van der Waals surface area contributed by atoms with E-state index in [1.165, 1.54) is 33.5 Å².